The lowest BCUT2D eigenvalue weighted by molar-refractivity contribution is 0.0930. The van der Waals surface area contributed by atoms with Crippen LogP contribution in [0.1, 0.15) is 25.5 Å². The summed E-state index contributed by atoms with van der Waals surface area (Å²) in [6, 6.07) is 10.5. The van der Waals surface area contributed by atoms with E-state index in [-0.39, 0.29) is 6.10 Å². The summed E-state index contributed by atoms with van der Waals surface area (Å²) < 4.78 is 0. The Morgan fingerprint density at radius 3 is 2.76 bits per heavy atom. The second-order valence-corrected chi connectivity index (χ2v) is 6.22. The van der Waals surface area contributed by atoms with Crippen LogP contribution < -0.4 is 0 Å². The molecule has 0 aliphatic carbocycles. The third-order valence-corrected chi connectivity index (χ3v) is 4.94. The van der Waals surface area contributed by atoms with Crippen molar-refractivity contribution in [1.82, 2.24) is 4.90 Å². The van der Waals surface area contributed by atoms with Crippen molar-refractivity contribution in [3.05, 3.63) is 35.9 Å². The molecule has 0 amide bonds. The summed E-state index contributed by atoms with van der Waals surface area (Å²) in [5, 5.41) is 10.9. The van der Waals surface area contributed by atoms with E-state index in [1.54, 1.807) is 0 Å². The van der Waals surface area contributed by atoms with Gasteiger partial charge in [0.25, 0.3) is 0 Å². The fourth-order valence-electron chi connectivity index (χ4n) is 2.26. The molecule has 1 aliphatic heterocycles. The molecule has 0 aromatic heterocycles. The highest BCUT2D eigenvalue weighted by molar-refractivity contribution is 8.00. The fraction of sp³-hybridized carbons (Fsp3) is 0.571. The van der Waals surface area contributed by atoms with Crippen LogP contribution >= 0.6 is 11.8 Å². The van der Waals surface area contributed by atoms with Crippen molar-refractivity contribution < 1.29 is 5.11 Å². The van der Waals surface area contributed by atoms with Gasteiger partial charge < -0.3 is 5.11 Å². The lowest BCUT2D eigenvalue weighted by atomic mass is 10.1. The highest BCUT2D eigenvalue weighted by Crippen LogP contribution is 2.26. The van der Waals surface area contributed by atoms with Crippen molar-refractivity contribution in [3.8, 4) is 0 Å². The molecule has 1 fully saturated rings. The Labute approximate surface area is 108 Å². The highest BCUT2D eigenvalue weighted by Gasteiger charge is 2.26. The lowest BCUT2D eigenvalue weighted by Gasteiger charge is -2.38. The zero-order valence-electron chi connectivity index (χ0n) is 10.5. The molecule has 94 valence electrons. The molecule has 1 aromatic carbocycles. The molecule has 0 radical (unpaired) electrons. The van der Waals surface area contributed by atoms with Gasteiger partial charge in [0.15, 0.2) is 0 Å². The number of hydrogen-bond donors (Lipinski definition) is 1. The normalized spacial score (nSPS) is 27.9. The van der Waals surface area contributed by atoms with Crippen molar-refractivity contribution in [3.63, 3.8) is 0 Å². The molecule has 3 unspecified atom stereocenters. The van der Waals surface area contributed by atoms with Gasteiger partial charge in [-0.15, -0.1) is 0 Å². The lowest BCUT2D eigenvalue weighted by Crippen LogP contribution is -2.46. The van der Waals surface area contributed by atoms with Gasteiger partial charge in [-0.25, -0.2) is 0 Å². The van der Waals surface area contributed by atoms with Gasteiger partial charge in [-0.05, 0) is 12.5 Å². The van der Waals surface area contributed by atoms with Crippen LogP contribution in [0.3, 0.4) is 0 Å². The summed E-state index contributed by atoms with van der Waals surface area (Å²) >= 11 is 2.03. The highest BCUT2D eigenvalue weighted by atomic mass is 32.2. The number of nitrogens with zero attached hydrogens (tertiary/aromatic N) is 1. The van der Waals surface area contributed by atoms with Crippen molar-refractivity contribution in [2.45, 2.75) is 31.2 Å². The summed E-state index contributed by atoms with van der Waals surface area (Å²) in [4.78, 5) is 2.40. The molecule has 3 atom stereocenters. The van der Waals surface area contributed by atoms with Crippen LogP contribution in [-0.2, 0) is 0 Å². The molecule has 1 heterocycles. The SMILES string of the molecule is CC1SCCN(CC(O)c2ccccc2)C1C. The number of hydrogen-bond acceptors (Lipinski definition) is 3. The van der Waals surface area contributed by atoms with E-state index in [9.17, 15) is 5.11 Å². The second-order valence-electron chi connectivity index (χ2n) is 4.74. The van der Waals surface area contributed by atoms with Crippen molar-refractivity contribution in [2.24, 2.45) is 0 Å². The van der Waals surface area contributed by atoms with Crippen LogP contribution in [0.25, 0.3) is 0 Å². The minimum absolute atomic E-state index is 0.367. The maximum atomic E-state index is 10.2. The fourth-order valence-corrected chi connectivity index (χ4v) is 3.42. The molecule has 1 aliphatic rings. The number of benzene rings is 1. The molecule has 0 bridgehead atoms. The number of thioether (sulfide) groups is 1. The minimum atomic E-state index is -0.367. The molecule has 1 N–H and O–H groups in total. The van der Waals surface area contributed by atoms with E-state index in [4.69, 9.17) is 0 Å². The molecular weight excluding hydrogens is 230 g/mol. The van der Waals surface area contributed by atoms with Crippen molar-refractivity contribution in [1.29, 1.82) is 0 Å². The van der Waals surface area contributed by atoms with Gasteiger partial charge in [0.2, 0.25) is 0 Å². The zero-order chi connectivity index (χ0) is 12.3. The first-order valence-electron chi connectivity index (χ1n) is 6.27. The molecule has 2 nitrogen and oxygen atoms in total. The smallest absolute Gasteiger partial charge is 0.0917 e. The molecule has 0 spiro atoms. The Kier molecular flexibility index (Phi) is 4.48. The van der Waals surface area contributed by atoms with Gasteiger partial charge in [-0.1, -0.05) is 37.3 Å². The predicted molar refractivity (Wildman–Crippen MR) is 74.4 cm³/mol. The molecule has 0 saturated carbocycles. The van der Waals surface area contributed by atoms with Crippen LogP contribution in [-0.4, -0.2) is 40.1 Å². The van der Waals surface area contributed by atoms with Crippen molar-refractivity contribution in [2.75, 3.05) is 18.8 Å². The van der Waals surface area contributed by atoms with E-state index in [1.165, 1.54) is 5.75 Å². The summed E-state index contributed by atoms with van der Waals surface area (Å²) in [5.41, 5.74) is 1.02. The Balaban J connectivity index is 1.96. The number of aliphatic hydroxyl groups excluding tert-OH is 1. The van der Waals surface area contributed by atoms with E-state index in [0.29, 0.717) is 11.3 Å². The largest absolute Gasteiger partial charge is 0.387 e. The Hall–Kier alpha value is -0.510. The van der Waals surface area contributed by atoms with Gasteiger partial charge in [-0.3, -0.25) is 4.90 Å². The third-order valence-electron chi connectivity index (χ3n) is 3.61. The molecule has 17 heavy (non-hydrogen) atoms. The minimum Gasteiger partial charge on any atom is -0.387 e. The molecule has 1 aromatic rings. The summed E-state index contributed by atoms with van der Waals surface area (Å²) in [7, 11) is 0. The quantitative estimate of drug-likeness (QED) is 0.893. The molecule has 3 heteroatoms. The topological polar surface area (TPSA) is 23.5 Å². The van der Waals surface area contributed by atoms with Gasteiger partial charge in [0.05, 0.1) is 6.10 Å². The Morgan fingerprint density at radius 1 is 1.35 bits per heavy atom. The molecule has 2 rings (SSSR count). The van der Waals surface area contributed by atoms with Gasteiger partial charge >= 0.3 is 0 Å². The monoisotopic (exact) mass is 251 g/mol. The first kappa shape index (κ1) is 12.9. The zero-order valence-corrected chi connectivity index (χ0v) is 11.4. The van der Waals surface area contributed by atoms with Crippen LogP contribution in [0.4, 0.5) is 0 Å². The van der Waals surface area contributed by atoms with E-state index >= 15 is 0 Å². The summed E-state index contributed by atoms with van der Waals surface area (Å²) in [6.45, 7) is 6.36. The number of rotatable bonds is 3. The van der Waals surface area contributed by atoms with Crippen LogP contribution in [0.15, 0.2) is 30.3 Å². The Bertz CT molecular complexity index is 343. The Morgan fingerprint density at radius 2 is 2.06 bits per heavy atom. The van der Waals surface area contributed by atoms with Gasteiger partial charge in [-0.2, -0.15) is 11.8 Å². The van der Waals surface area contributed by atoms with Crippen molar-refractivity contribution >= 4 is 11.8 Å². The number of aliphatic hydroxyl groups is 1. The predicted octanol–water partition coefficient (Wildman–Crippen LogP) is 2.55. The van der Waals surface area contributed by atoms with E-state index in [2.05, 4.69) is 18.7 Å². The third kappa shape index (κ3) is 3.24. The second kappa shape index (κ2) is 5.89. The van der Waals surface area contributed by atoms with Crippen LogP contribution in [0, 0.1) is 0 Å². The van der Waals surface area contributed by atoms with Gasteiger partial charge in [0.1, 0.15) is 0 Å². The first-order chi connectivity index (χ1) is 8.18. The van der Waals surface area contributed by atoms with E-state index < -0.39 is 0 Å². The van der Waals surface area contributed by atoms with E-state index in [1.807, 2.05) is 42.1 Å². The maximum absolute atomic E-state index is 10.2. The van der Waals surface area contributed by atoms with Crippen LogP contribution in [0.5, 0.6) is 0 Å². The summed E-state index contributed by atoms with van der Waals surface area (Å²) in [6.07, 6.45) is -0.367. The molecule has 1 saturated heterocycles. The van der Waals surface area contributed by atoms with Gasteiger partial charge in [0, 0.05) is 30.1 Å². The maximum Gasteiger partial charge on any atom is 0.0917 e. The number of β-amino-alcohol motifs (C(OH)–C–C–N with tert-alkyl or cyclic N) is 1. The average molecular weight is 251 g/mol. The van der Waals surface area contributed by atoms with Crippen LogP contribution in [0.2, 0.25) is 0 Å². The summed E-state index contributed by atoms with van der Waals surface area (Å²) in [5.74, 6) is 1.17. The standard InChI is InChI=1S/C14H21NOS/c1-11-12(2)17-9-8-15(11)10-14(16)13-6-4-3-5-7-13/h3-7,11-12,14,16H,8-10H2,1-2H3. The average Bonchev–Trinajstić information content (AvgIpc) is 2.36. The first-order valence-corrected chi connectivity index (χ1v) is 7.32. The molecular formula is C14H21NOS. The van der Waals surface area contributed by atoms with E-state index in [0.717, 1.165) is 18.7 Å².